The molecule has 1 amide bonds. The Hall–Kier alpha value is -1.81. The molecule has 4 heteroatoms. The summed E-state index contributed by atoms with van der Waals surface area (Å²) in [5.41, 5.74) is 7.34. The van der Waals surface area contributed by atoms with E-state index in [-0.39, 0.29) is 5.91 Å². The summed E-state index contributed by atoms with van der Waals surface area (Å²) in [5.74, 6) is 0.0665. The Morgan fingerprint density at radius 2 is 2.00 bits per heavy atom. The van der Waals surface area contributed by atoms with Crippen molar-refractivity contribution in [3.63, 3.8) is 0 Å². The van der Waals surface area contributed by atoms with Gasteiger partial charge in [0.2, 0.25) is 5.91 Å². The van der Waals surface area contributed by atoms with Gasteiger partial charge in [-0.05, 0) is 43.5 Å². The van der Waals surface area contributed by atoms with Gasteiger partial charge in [0, 0.05) is 31.5 Å². The first-order chi connectivity index (χ1) is 9.69. The third-order valence-electron chi connectivity index (χ3n) is 3.51. The van der Waals surface area contributed by atoms with Crippen LogP contribution in [-0.2, 0) is 9.53 Å². The van der Waals surface area contributed by atoms with Crippen molar-refractivity contribution in [2.45, 2.75) is 25.9 Å². The number of likely N-dealkylation sites (tertiary alicyclic amines) is 1. The van der Waals surface area contributed by atoms with Crippen molar-refractivity contribution in [2.75, 3.05) is 25.4 Å². The molecule has 4 nitrogen and oxygen atoms in total. The van der Waals surface area contributed by atoms with E-state index >= 15 is 0 Å². The van der Waals surface area contributed by atoms with Gasteiger partial charge < -0.3 is 15.4 Å². The Kier molecular flexibility index (Phi) is 5.18. The Bertz CT molecular complexity index is 460. The Morgan fingerprint density at radius 1 is 1.35 bits per heavy atom. The van der Waals surface area contributed by atoms with Crippen LogP contribution >= 0.6 is 0 Å². The molecular formula is C16H22N2O2. The van der Waals surface area contributed by atoms with Crippen LogP contribution in [0, 0.1) is 0 Å². The van der Waals surface area contributed by atoms with Crippen molar-refractivity contribution < 1.29 is 9.53 Å². The maximum atomic E-state index is 12.1. The van der Waals surface area contributed by atoms with E-state index in [2.05, 4.69) is 0 Å². The second-order valence-corrected chi connectivity index (χ2v) is 4.98. The van der Waals surface area contributed by atoms with Crippen molar-refractivity contribution in [1.82, 2.24) is 4.90 Å². The lowest BCUT2D eigenvalue weighted by Crippen LogP contribution is -2.40. The van der Waals surface area contributed by atoms with Gasteiger partial charge in [0.15, 0.2) is 0 Å². The average Bonchev–Trinajstić information content (AvgIpc) is 2.47. The van der Waals surface area contributed by atoms with Gasteiger partial charge in [-0.3, -0.25) is 4.79 Å². The molecule has 1 aliphatic rings. The van der Waals surface area contributed by atoms with E-state index in [0.29, 0.717) is 6.10 Å². The van der Waals surface area contributed by atoms with E-state index in [1.807, 2.05) is 42.2 Å². The van der Waals surface area contributed by atoms with Crippen LogP contribution in [0.1, 0.15) is 25.3 Å². The van der Waals surface area contributed by atoms with E-state index in [0.717, 1.165) is 43.8 Å². The number of hydrogen-bond donors (Lipinski definition) is 1. The SMILES string of the molecule is CCOC1CCN(C(=O)/C=C/c2ccc(N)cc2)CC1. The number of carbonyl (C=O) groups is 1. The third-order valence-corrected chi connectivity index (χ3v) is 3.51. The van der Waals surface area contributed by atoms with Crippen LogP contribution in [0.2, 0.25) is 0 Å². The molecule has 0 aromatic heterocycles. The molecular weight excluding hydrogens is 252 g/mol. The third kappa shape index (κ3) is 4.10. The predicted octanol–water partition coefficient (Wildman–Crippen LogP) is 2.31. The molecule has 0 radical (unpaired) electrons. The van der Waals surface area contributed by atoms with Crippen LogP contribution in [-0.4, -0.2) is 36.6 Å². The van der Waals surface area contributed by atoms with E-state index in [1.165, 1.54) is 0 Å². The van der Waals surface area contributed by atoms with Crippen molar-refractivity contribution >= 4 is 17.7 Å². The first-order valence-electron chi connectivity index (χ1n) is 7.13. The number of hydrogen-bond acceptors (Lipinski definition) is 3. The molecule has 0 bridgehead atoms. The maximum absolute atomic E-state index is 12.1. The first kappa shape index (κ1) is 14.6. The second kappa shape index (κ2) is 7.10. The summed E-state index contributed by atoms with van der Waals surface area (Å²) in [4.78, 5) is 14.0. The van der Waals surface area contributed by atoms with Gasteiger partial charge in [-0.25, -0.2) is 0 Å². The lowest BCUT2D eigenvalue weighted by atomic mass is 10.1. The molecule has 20 heavy (non-hydrogen) atoms. The van der Waals surface area contributed by atoms with E-state index in [4.69, 9.17) is 10.5 Å². The van der Waals surface area contributed by atoms with Crippen LogP contribution in [0.5, 0.6) is 0 Å². The fraction of sp³-hybridized carbons (Fsp3) is 0.438. The van der Waals surface area contributed by atoms with Crippen LogP contribution in [0.15, 0.2) is 30.3 Å². The quantitative estimate of drug-likeness (QED) is 0.677. The highest BCUT2D eigenvalue weighted by Crippen LogP contribution is 2.14. The van der Waals surface area contributed by atoms with Gasteiger partial charge in [-0.2, -0.15) is 0 Å². The number of rotatable bonds is 4. The molecule has 2 N–H and O–H groups in total. The van der Waals surface area contributed by atoms with Crippen molar-refractivity contribution in [2.24, 2.45) is 0 Å². The van der Waals surface area contributed by atoms with Gasteiger partial charge >= 0.3 is 0 Å². The van der Waals surface area contributed by atoms with Crippen LogP contribution in [0.4, 0.5) is 5.69 Å². The van der Waals surface area contributed by atoms with Gasteiger partial charge in [0.25, 0.3) is 0 Å². The summed E-state index contributed by atoms with van der Waals surface area (Å²) in [7, 11) is 0. The standard InChI is InChI=1S/C16H22N2O2/c1-2-20-15-9-11-18(12-10-15)16(19)8-5-13-3-6-14(17)7-4-13/h3-8,15H,2,9-12,17H2,1H3/b8-5+. The molecule has 1 heterocycles. The normalized spacial score (nSPS) is 16.8. The summed E-state index contributed by atoms with van der Waals surface area (Å²) < 4.78 is 5.58. The van der Waals surface area contributed by atoms with E-state index in [9.17, 15) is 4.79 Å². The molecule has 2 rings (SSSR count). The largest absolute Gasteiger partial charge is 0.399 e. The highest BCUT2D eigenvalue weighted by Gasteiger charge is 2.21. The first-order valence-corrected chi connectivity index (χ1v) is 7.13. The number of anilines is 1. The minimum atomic E-state index is 0.0665. The average molecular weight is 274 g/mol. The summed E-state index contributed by atoms with van der Waals surface area (Å²) in [6.07, 6.45) is 5.62. The highest BCUT2D eigenvalue weighted by molar-refractivity contribution is 5.91. The minimum Gasteiger partial charge on any atom is -0.399 e. The fourth-order valence-electron chi connectivity index (χ4n) is 2.36. The lowest BCUT2D eigenvalue weighted by molar-refractivity contribution is -0.128. The number of ether oxygens (including phenoxy) is 1. The number of nitrogens with zero attached hydrogens (tertiary/aromatic N) is 1. The van der Waals surface area contributed by atoms with Gasteiger partial charge in [-0.1, -0.05) is 12.1 Å². The monoisotopic (exact) mass is 274 g/mol. The van der Waals surface area contributed by atoms with E-state index < -0.39 is 0 Å². The Labute approximate surface area is 120 Å². The maximum Gasteiger partial charge on any atom is 0.246 e. The van der Waals surface area contributed by atoms with E-state index in [1.54, 1.807) is 6.08 Å². The second-order valence-electron chi connectivity index (χ2n) is 4.98. The number of nitrogen functional groups attached to an aromatic ring is 1. The zero-order valence-corrected chi connectivity index (χ0v) is 11.9. The van der Waals surface area contributed by atoms with Crippen LogP contribution in [0.3, 0.4) is 0 Å². The summed E-state index contributed by atoms with van der Waals surface area (Å²) in [5, 5.41) is 0. The predicted molar refractivity (Wildman–Crippen MR) is 81.1 cm³/mol. The molecule has 0 saturated carbocycles. The molecule has 0 unspecified atom stereocenters. The van der Waals surface area contributed by atoms with Gasteiger partial charge in [0.05, 0.1) is 6.10 Å². The number of carbonyl (C=O) groups excluding carboxylic acids is 1. The number of piperidine rings is 1. The summed E-state index contributed by atoms with van der Waals surface area (Å²) in [6, 6.07) is 7.47. The van der Waals surface area contributed by atoms with Crippen molar-refractivity contribution in [3.05, 3.63) is 35.9 Å². The van der Waals surface area contributed by atoms with Crippen molar-refractivity contribution in [1.29, 1.82) is 0 Å². The molecule has 1 aliphatic heterocycles. The molecule has 0 aliphatic carbocycles. The molecule has 1 saturated heterocycles. The fourth-order valence-corrected chi connectivity index (χ4v) is 2.36. The van der Waals surface area contributed by atoms with Gasteiger partial charge in [0.1, 0.15) is 0 Å². The van der Waals surface area contributed by atoms with Crippen molar-refractivity contribution in [3.8, 4) is 0 Å². The van der Waals surface area contributed by atoms with Crippen LogP contribution in [0.25, 0.3) is 6.08 Å². The molecule has 1 fully saturated rings. The van der Waals surface area contributed by atoms with Gasteiger partial charge in [-0.15, -0.1) is 0 Å². The molecule has 0 spiro atoms. The molecule has 0 atom stereocenters. The topological polar surface area (TPSA) is 55.6 Å². The highest BCUT2D eigenvalue weighted by atomic mass is 16.5. The zero-order valence-electron chi connectivity index (χ0n) is 11.9. The number of amides is 1. The lowest BCUT2D eigenvalue weighted by Gasteiger charge is -2.31. The Morgan fingerprint density at radius 3 is 2.60 bits per heavy atom. The number of nitrogens with two attached hydrogens (primary N) is 1. The van der Waals surface area contributed by atoms with Crippen LogP contribution < -0.4 is 5.73 Å². The molecule has 108 valence electrons. The molecule has 1 aromatic carbocycles. The smallest absolute Gasteiger partial charge is 0.246 e. The summed E-state index contributed by atoms with van der Waals surface area (Å²) in [6.45, 7) is 4.30. The Balaban J connectivity index is 1.85. The summed E-state index contributed by atoms with van der Waals surface area (Å²) >= 11 is 0. The zero-order chi connectivity index (χ0) is 14.4. The number of benzene rings is 1. The molecule has 1 aromatic rings. The minimum absolute atomic E-state index is 0.0665.